The number of aryl methyl sites for hydroxylation is 1. The van der Waals surface area contributed by atoms with Crippen molar-refractivity contribution in [3.63, 3.8) is 0 Å². The lowest BCUT2D eigenvalue weighted by Crippen LogP contribution is -2.34. The Morgan fingerprint density at radius 1 is 1.10 bits per heavy atom. The number of para-hydroxylation sites is 1. The molecule has 3 heteroatoms. The Balaban J connectivity index is 1.90. The van der Waals surface area contributed by atoms with Crippen molar-refractivity contribution in [3.05, 3.63) is 45.2 Å². The highest BCUT2D eigenvalue weighted by molar-refractivity contribution is 6.01. The maximum absolute atomic E-state index is 12.7. The molecule has 0 spiro atoms. The number of hydrogen-bond acceptors (Lipinski definition) is 2. The van der Waals surface area contributed by atoms with Gasteiger partial charge in [-0.25, -0.2) is 0 Å². The fourth-order valence-electron chi connectivity index (χ4n) is 3.88. The molecule has 0 saturated heterocycles. The Bertz CT molecular complexity index is 799. The van der Waals surface area contributed by atoms with Crippen LogP contribution in [0.5, 0.6) is 0 Å². The molecule has 2 aliphatic rings. The van der Waals surface area contributed by atoms with Gasteiger partial charge in [-0.3, -0.25) is 9.59 Å². The van der Waals surface area contributed by atoms with E-state index in [1.807, 2.05) is 25.1 Å². The monoisotopic (exact) mass is 281 g/mol. The van der Waals surface area contributed by atoms with Crippen LogP contribution in [0.25, 0.3) is 10.9 Å². The van der Waals surface area contributed by atoms with Crippen LogP contribution in [0.3, 0.4) is 0 Å². The number of rotatable bonds is 1. The smallest absolute Gasteiger partial charge is 0.200 e. The maximum Gasteiger partial charge on any atom is 0.200 e. The van der Waals surface area contributed by atoms with Crippen LogP contribution in [-0.4, -0.2) is 10.8 Å². The van der Waals surface area contributed by atoms with Crippen molar-refractivity contribution < 1.29 is 4.79 Å². The molecule has 1 fully saturated rings. The van der Waals surface area contributed by atoms with Crippen LogP contribution < -0.4 is 5.43 Å². The first kappa shape index (κ1) is 12.8. The highest BCUT2D eigenvalue weighted by atomic mass is 16.1. The molecule has 1 heterocycles. The number of carbonyl (C=O) groups is 1. The molecule has 0 amide bonds. The molecule has 0 bridgehead atoms. The Morgan fingerprint density at radius 3 is 2.62 bits per heavy atom. The standard InChI is InChI=1S/C18H19NO2/c1-10-4-2-7-13-17(10)19-14-8-12(11-5-3-6-11)9-15(20)16(14)18(13)21/h2,4,7,11-12H,3,5-6,8-9H2,1H3,(H,19,21). The Labute approximate surface area is 123 Å². The van der Waals surface area contributed by atoms with E-state index in [1.54, 1.807) is 0 Å². The average molecular weight is 281 g/mol. The minimum atomic E-state index is -0.0838. The number of benzene rings is 1. The molecule has 108 valence electrons. The van der Waals surface area contributed by atoms with Gasteiger partial charge in [0.25, 0.3) is 0 Å². The second-order valence-corrected chi connectivity index (χ2v) is 6.59. The van der Waals surface area contributed by atoms with Gasteiger partial charge >= 0.3 is 0 Å². The summed E-state index contributed by atoms with van der Waals surface area (Å²) in [5.74, 6) is 1.15. The molecule has 1 aromatic carbocycles. The van der Waals surface area contributed by atoms with Crippen LogP contribution in [0.2, 0.25) is 0 Å². The number of ketones is 1. The maximum atomic E-state index is 12.7. The molecule has 2 aliphatic carbocycles. The number of H-pyrrole nitrogens is 1. The van der Waals surface area contributed by atoms with Gasteiger partial charge < -0.3 is 4.98 Å². The van der Waals surface area contributed by atoms with E-state index in [2.05, 4.69) is 4.98 Å². The third kappa shape index (κ3) is 1.87. The SMILES string of the molecule is Cc1cccc2c(=O)c3c([nH]c12)CC(C1CCC1)CC3=O. The lowest BCUT2D eigenvalue weighted by molar-refractivity contribution is 0.0888. The molecular formula is C18H19NO2. The van der Waals surface area contributed by atoms with Crippen molar-refractivity contribution in [3.8, 4) is 0 Å². The third-order valence-corrected chi connectivity index (χ3v) is 5.33. The van der Waals surface area contributed by atoms with E-state index in [1.165, 1.54) is 19.3 Å². The number of carbonyl (C=O) groups excluding carboxylic acids is 1. The van der Waals surface area contributed by atoms with Crippen LogP contribution in [0.1, 0.15) is 47.3 Å². The topological polar surface area (TPSA) is 49.9 Å². The zero-order valence-corrected chi connectivity index (χ0v) is 12.2. The van der Waals surface area contributed by atoms with Crippen LogP contribution >= 0.6 is 0 Å². The summed E-state index contributed by atoms with van der Waals surface area (Å²) in [7, 11) is 0. The summed E-state index contributed by atoms with van der Waals surface area (Å²) < 4.78 is 0. The number of aromatic amines is 1. The molecule has 0 radical (unpaired) electrons. The highest BCUT2D eigenvalue weighted by Gasteiger charge is 2.35. The lowest BCUT2D eigenvalue weighted by atomic mass is 9.69. The first-order chi connectivity index (χ1) is 10.1. The number of Topliss-reactive ketones (excluding diaryl/α,β-unsaturated/α-hetero) is 1. The van der Waals surface area contributed by atoms with Gasteiger partial charge in [0.15, 0.2) is 11.2 Å². The van der Waals surface area contributed by atoms with Gasteiger partial charge in [0.2, 0.25) is 0 Å². The summed E-state index contributed by atoms with van der Waals surface area (Å²) in [6.45, 7) is 2.00. The van der Waals surface area contributed by atoms with Gasteiger partial charge in [0, 0.05) is 17.5 Å². The minimum Gasteiger partial charge on any atom is -0.357 e. The Morgan fingerprint density at radius 2 is 1.90 bits per heavy atom. The first-order valence-corrected chi connectivity index (χ1v) is 7.83. The van der Waals surface area contributed by atoms with E-state index in [0.717, 1.165) is 23.2 Å². The number of aromatic nitrogens is 1. The van der Waals surface area contributed by atoms with Crippen molar-refractivity contribution in [2.24, 2.45) is 11.8 Å². The minimum absolute atomic E-state index is 0.0396. The number of hydrogen-bond donors (Lipinski definition) is 1. The molecular weight excluding hydrogens is 262 g/mol. The van der Waals surface area contributed by atoms with Crippen molar-refractivity contribution >= 4 is 16.7 Å². The molecule has 3 nitrogen and oxygen atoms in total. The fourth-order valence-corrected chi connectivity index (χ4v) is 3.88. The molecule has 1 saturated carbocycles. The summed E-state index contributed by atoms with van der Waals surface area (Å²) in [6.07, 6.45) is 5.17. The summed E-state index contributed by atoms with van der Waals surface area (Å²) in [5.41, 5.74) is 3.16. The van der Waals surface area contributed by atoms with E-state index in [4.69, 9.17) is 0 Å². The summed E-state index contributed by atoms with van der Waals surface area (Å²) in [5, 5.41) is 0.643. The Hall–Kier alpha value is -1.90. The molecule has 21 heavy (non-hydrogen) atoms. The van der Waals surface area contributed by atoms with Gasteiger partial charge in [0.1, 0.15) is 0 Å². The van der Waals surface area contributed by atoms with Gasteiger partial charge in [-0.1, -0.05) is 31.4 Å². The second-order valence-electron chi connectivity index (χ2n) is 6.59. The van der Waals surface area contributed by atoms with E-state index in [0.29, 0.717) is 29.2 Å². The van der Waals surface area contributed by atoms with E-state index < -0.39 is 0 Å². The molecule has 1 N–H and O–H groups in total. The van der Waals surface area contributed by atoms with Crippen LogP contribution in [0, 0.1) is 18.8 Å². The number of nitrogens with one attached hydrogen (secondary N) is 1. The van der Waals surface area contributed by atoms with Crippen molar-refractivity contribution in [1.82, 2.24) is 4.98 Å². The lowest BCUT2D eigenvalue weighted by Gasteiger charge is -2.36. The molecule has 1 atom stereocenters. The van der Waals surface area contributed by atoms with Crippen LogP contribution in [0.15, 0.2) is 23.0 Å². The summed E-state index contributed by atoms with van der Waals surface area (Å²) in [4.78, 5) is 28.5. The van der Waals surface area contributed by atoms with Crippen LogP contribution in [0.4, 0.5) is 0 Å². The fraction of sp³-hybridized carbons (Fsp3) is 0.444. The summed E-state index contributed by atoms with van der Waals surface area (Å²) >= 11 is 0. The van der Waals surface area contributed by atoms with Gasteiger partial charge in [-0.05, 0) is 36.8 Å². The molecule has 1 aromatic heterocycles. The van der Waals surface area contributed by atoms with E-state index in [9.17, 15) is 9.59 Å². The second kappa shape index (κ2) is 4.55. The zero-order chi connectivity index (χ0) is 14.6. The summed E-state index contributed by atoms with van der Waals surface area (Å²) in [6, 6.07) is 5.69. The number of pyridine rings is 1. The van der Waals surface area contributed by atoms with Crippen molar-refractivity contribution in [2.75, 3.05) is 0 Å². The van der Waals surface area contributed by atoms with Gasteiger partial charge in [0.05, 0.1) is 11.1 Å². The molecule has 0 aliphatic heterocycles. The third-order valence-electron chi connectivity index (χ3n) is 5.33. The predicted octanol–water partition coefficient (Wildman–Crippen LogP) is 3.38. The highest BCUT2D eigenvalue weighted by Crippen LogP contribution is 2.39. The number of fused-ring (bicyclic) bond motifs is 2. The molecule has 2 aromatic rings. The Kier molecular flexibility index (Phi) is 2.78. The van der Waals surface area contributed by atoms with Crippen LogP contribution in [-0.2, 0) is 6.42 Å². The van der Waals surface area contributed by atoms with Gasteiger partial charge in [-0.15, -0.1) is 0 Å². The molecule has 1 unspecified atom stereocenters. The quantitative estimate of drug-likeness (QED) is 0.871. The first-order valence-electron chi connectivity index (χ1n) is 7.83. The normalized spacial score (nSPS) is 22.1. The predicted molar refractivity (Wildman–Crippen MR) is 82.8 cm³/mol. The van der Waals surface area contributed by atoms with Gasteiger partial charge in [-0.2, -0.15) is 0 Å². The largest absolute Gasteiger partial charge is 0.357 e. The van der Waals surface area contributed by atoms with Crippen molar-refractivity contribution in [2.45, 2.75) is 39.0 Å². The average Bonchev–Trinajstić information content (AvgIpc) is 2.38. The van der Waals surface area contributed by atoms with E-state index >= 15 is 0 Å². The molecule has 4 rings (SSSR count). The zero-order valence-electron chi connectivity index (χ0n) is 12.2. The van der Waals surface area contributed by atoms with E-state index in [-0.39, 0.29) is 11.2 Å². The van der Waals surface area contributed by atoms with Crippen molar-refractivity contribution in [1.29, 1.82) is 0 Å².